The van der Waals surface area contributed by atoms with Crippen molar-refractivity contribution in [1.82, 2.24) is 5.32 Å². The molecule has 0 heterocycles. The number of methoxy groups -OCH3 is 1. The zero-order valence-corrected chi connectivity index (χ0v) is 12.0. The second kappa shape index (κ2) is 6.96. The van der Waals surface area contributed by atoms with Crippen LogP contribution in [0.2, 0.25) is 0 Å². The lowest BCUT2D eigenvalue weighted by atomic mass is 10.1. The van der Waals surface area contributed by atoms with E-state index in [4.69, 9.17) is 4.74 Å². The molecular formula is C17H21NO2. The van der Waals surface area contributed by atoms with Gasteiger partial charge in [0.1, 0.15) is 11.5 Å². The lowest BCUT2D eigenvalue weighted by Gasteiger charge is -2.14. The van der Waals surface area contributed by atoms with E-state index < -0.39 is 0 Å². The Balaban J connectivity index is 1.86. The Morgan fingerprint density at radius 3 is 2.45 bits per heavy atom. The number of rotatable bonds is 6. The molecule has 3 heteroatoms. The van der Waals surface area contributed by atoms with Gasteiger partial charge in [-0.25, -0.2) is 0 Å². The largest absolute Gasteiger partial charge is 0.508 e. The van der Waals surface area contributed by atoms with Crippen LogP contribution in [0.25, 0.3) is 0 Å². The maximum Gasteiger partial charge on any atom is 0.120 e. The Morgan fingerprint density at radius 1 is 1.10 bits per heavy atom. The van der Waals surface area contributed by atoms with Gasteiger partial charge in [-0.05, 0) is 37.1 Å². The zero-order valence-electron chi connectivity index (χ0n) is 12.0. The highest BCUT2D eigenvalue weighted by atomic mass is 16.5. The van der Waals surface area contributed by atoms with E-state index in [0.29, 0.717) is 18.3 Å². The third-order valence-corrected chi connectivity index (χ3v) is 3.33. The summed E-state index contributed by atoms with van der Waals surface area (Å²) in [6.07, 6.45) is 0.942. The third kappa shape index (κ3) is 4.00. The highest BCUT2D eigenvalue weighted by molar-refractivity contribution is 5.31. The molecule has 1 unspecified atom stereocenters. The number of phenols is 1. The van der Waals surface area contributed by atoms with Crippen molar-refractivity contribution in [2.45, 2.75) is 25.9 Å². The van der Waals surface area contributed by atoms with E-state index in [1.807, 2.05) is 30.3 Å². The number of phenolic OH excluding ortho intramolecular Hbond substituents is 1. The summed E-state index contributed by atoms with van der Waals surface area (Å²) in [6, 6.07) is 15.9. The van der Waals surface area contributed by atoms with E-state index in [0.717, 1.165) is 17.7 Å². The molecule has 1 atom stereocenters. The van der Waals surface area contributed by atoms with Crippen LogP contribution in [0.4, 0.5) is 0 Å². The van der Waals surface area contributed by atoms with Crippen LogP contribution in [0, 0.1) is 0 Å². The van der Waals surface area contributed by atoms with E-state index in [2.05, 4.69) is 24.4 Å². The smallest absolute Gasteiger partial charge is 0.120 e. The molecule has 2 aromatic rings. The predicted molar refractivity (Wildman–Crippen MR) is 81.1 cm³/mol. The molecule has 0 spiro atoms. The van der Waals surface area contributed by atoms with Gasteiger partial charge < -0.3 is 15.2 Å². The molecule has 106 valence electrons. The molecule has 0 amide bonds. The minimum absolute atomic E-state index is 0.336. The Hall–Kier alpha value is -2.00. The first-order chi connectivity index (χ1) is 9.69. The Labute approximate surface area is 120 Å². The standard InChI is InChI=1S/C17H21NO2/c1-13(11-14-7-9-16(20-2)10-8-14)18-12-15-5-3-4-6-17(15)19/h3-10,13,18-19H,11-12H2,1-2H3. The second-order valence-corrected chi connectivity index (χ2v) is 4.96. The van der Waals surface area contributed by atoms with E-state index in [9.17, 15) is 5.11 Å². The van der Waals surface area contributed by atoms with Crippen LogP contribution < -0.4 is 10.1 Å². The number of ether oxygens (including phenoxy) is 1. The minimum atomic E-state index is 0.336. The van der Waals surface area contributed by atoms with Crippen LogP contribution in [0.5, 0.6) is 11.5 Å². The van der Waals surface area contributed by atoms with Crippen molar-refractivity contribution in [3.8, 4) is 11.5 Å². The highest BCUT2D eigenvalue weighted by Crippen LogP contribution is 2.16. The lowest BCUT2D eigenvalue weighted by molar-refractivity contribution is 0.414. The van der Waals surface area contributed by atoms with Gasteiger partial charge in [-0.15, -0.1) is 0 Å². The van der Waals surface area contributed by atoms with E-state index >= 15 is 0 Å². The van der Waals surface area contributed by atoms with Gasteiger partial charge in [0.05, 0.1) is 7.11 Å². The first-order valence-electron chi connectivity index (χ1n) is 6.82. The number of hydrogen-bond donors (Lipinski definition) is 2. The summed E-state index contributed by atoms with van der Waals surface area (Å²) in [5.41, 5.74) is 2.19. The van der Waals surface area contributed by atoms with Gasteiger partial charge in [-0.3, -0.25) is 0 Å². The molecule has 0 fully saturated rings. The average molecular weight is 271 g/mol. The summed E-state index contributed by atoms with van der Waals surface area (Å²) in [6.45, 7) is 2.81. The number of benzene rings is 2. The van der Waals surface area contributed by atoms with Gasteiger partial charge in [0.25, 0.3) is 0 Å². The molecule has 2 rings (SSSR count). The summed E-state index contributed by atoms with van der Waals surface area (Å²) in [7, 11) is 1.67. The normalized spacial score (nSPS) is 12.1. The van der Waals surface area contributed by atoms with Crippen molar-refractivity contribution in [2.75, 3.05) is 7.11 Å². The van der Waals surface area contributed by atoms with Crippen molar-refractivity contribution >= 4 is 0 Å². The Morgan fingerprint density at radius 2 is 1.80 bits per heavy atom. The first kappa shape index (κ1) is 14.4. The highest BCUT2D eigenvalue weighted by Gasteiger charge is 2.05. The van der Waals surface area contributed by atoms with Crippen molar-refractivity contribution < 1.29 is 9.84 Å². The van der Waals surface area contributed by atoms with Crippen LogP contribution in [-0.4, -0.2) is 18.3 Å². The van der Waals surface area contributed by atoms with Crippen molar-refractivity contribution in [1.29, 1.82) is 0 Å². The number of para-hydroxylation sites is 1. The van der Waals surface area contributed by atoms with Crippen LogP contribution in [0.15, 0.2) is 48.5 Å². The monoisotopic (exact) mass is 271 g/mol. The van der Waals surface area contributed by atoms with Crippen molar-refractivity contribution in [2.24, 2.45) is 0 Å². The fraction of sp³-hybridized carbons (Fsp3) is 0.294. The second-order valence-electron chi connectivity index (χ2n) is 4.96. The fourth-order valence-corrected chi connectivity index (χ4v) is 2.13. The molecule has 0 aliphatic heterocycles. The Bertz CT molecular complexity index is 537. The van der Waals surface area contributed by atoms with Crippen LogP contribution in [0.3, 0.4) is 0 Å². The molecule has 0 saturated heterocycles. The molecule has 3 nitrogen and oxygen atoms in total. The summed E-state index contributed by atoms with van der Waals surface area (Å²) in [5, 5.41) is 13.1. The van der Waals surface area contributed by atoms with Crippen LogP contribution in [0.1, 0.15) is 18.1 Å². The summed E-state index contributed by atoms with van der Waals surface area (Å²) < 4.78 is 5.15. The molecule has 0 aliphatic carbocycles. The quantitative estimate of drug-likeness (QED) is 0.848. The number of aromatic hydroxyl groups is 1. The van der Waals surface area contributed by atoms with Crippen molar-refractivity contribution in [3.63, 3.8) is 0 Å². The van der Waals surface area contributed by atoms with Gasteiger partial charge in [-0.2, -0.15) is 0 Å². The Kier molecular flexibility index (Phi) is 5.02. The average Bonchev–Trinajstić information content (AvgIpc) is 2.47. The fourth-order valence-electron chi connectivity index (χ4n) is 2.13. The topological polar surface area (TPSA) is 41.5 Å². The molecular weight excluding hydrogens is 250 g/mol. The molecule has 0 aliphatic rings. The molecule has 2 aromatic carbocycles. The summed E-state index contributed by atoms with van der Waals surface area (Å²) in [4.78, 5) is 0. The van der Waals surface area contributed by atoms with E-state index in [1.54, 1.807) is 13.2 Å². The van der Waals surface area contributed by atoms with Gasteiger partial charge in [-0.1, -0.05) is 30.3 Å². The SMILES string of the molecule is COc1ccc(CC(C)NCc2ccccc2O)cc1. The van der Waals surface area contributed by atoms with Gasteiger partial charge in [0.15, 0.2) is 0 Å². The third-order valence-electron chi connectivity index (χ3n) is 3.33. The van der Waals surface area contributed by atoms with Crippen LogP contribution in [-0.2, 0) is 13.0 Å². The molecule has 0 saturated carbocycles. The first-order valence-corrected chi connectivity index (χ1v) is 6.82. The van der Waals surface area contributed by atoms with Crippen molar-refractivity contribution in [3.05, 3.63) is 59.7 Å². The maximum atomic E-state index is 9.72. The molecule has 0 aromatic heterocycles. The predicted octanol–water partition coefficient (Wildman–Crippen LogP) is 3.12. The molecule has 20 heavy (non-hydrogen) atoms. The van der Waals surface area contributed by atoms with Gasteiger partial charge in [0.2, 0.25) is 0 Å². The van der Waals surface area contributed by atoms with Gasteiger partial charge in [0, 0.05) is 18.2 Å². The number of nitrogens with one attached hydrogen (secondary N) is 1. The summed E-state index contributed by atoms with van der Waals surface area (Å²) in [5.74, 6) is 1.22. The molecule has 0 bridgehead atoms. The summed E-state index contributed by atoms with van der Waals surface area (Å²) >= 11 is 0. The number of hydrogen-bond acceptors (Lipinski definition) is 3. The lowest BCUT2D eigenvalue weighted by Crippen LogP contribution is -2.27. The molecule has 2 N–H and O–H groups in total. The maximum absolute atomic E-state index is 9.72. The zero-order chi connectivity index (χ0) is 14.4. The van der Waals surface area contributed by atoms with E-state index in [-0.39, 0.29) is 0 Å². The van der Waals surface area contributed by atoms with E-state index in [1.165, 1.54) is 5.56 Å². The van der Waals surface area contributed by atoms with Gasteiger partial charge >= 0.3 is 0 Å². The minimum Gasteiger partial charge on any atom is -0.508 e. The molecule has 0 radical (unpaired) electrons. The van der Waals surface area contributed by atoms with Crippen LogP contribution >= 0.6 is 0 Å².